The number of carbonyl (C=O) groups is 1. The molecule has 1 aliphatic rings. The zero-order chi connectivity index (χ0) is 23.2. The number of ether oxygens (including phenoxy) is 1. The first kappa shape index (κ1) is 24.1. The van der Waals surface area contributed by atoms with Crippen molar-refractivity contribution < 1.29 is 9.53 Å². The van der Waals surface area contributed by atoms with Crippen LogP contribution in [0.15, 0.2) is 48.5 Å². The Morgan fingerprint density at radius 3 is 2.64 bits per heavy atom. The summed E-state index contributed by atoms with van der Waals surface area (Å²) in [5.74, 6) is 0.567. The second kappa shape index (κ2) is 11.4. The number of aromatic nitrogens is 1. The molecule has 4 nitrogen and oxygen atoms in total. The Bertz CT molecular complexity index is 1090. The maximum atomic E-state index is 12.6. The van der Waals surface area contributed by atoms with Gasteiger partial charge in [-0.15, -0.1) is 11.3 Å². The minimum absolute atomic E-state index is 0.226. The van der Waals surface area contributed by atoms with E-state index in [4.69, 9.17) is 21.3 Å². The molecule has 6 heteroatoms. The van der Waals surface area contributed by atoms with Crippen molar-refractivity contribution in [3.63, 3.8) is 0 Å². The quantitative estimate of drug-likeness (QED) is 0.366. The van der Waals surface area contributed by atoms with Gasteiger partial charge in [-0.2, -0.15) is 0 Å². The van der Waals surface area contributed by atoms with E-state index in [0.29, 0.717) is 23.8 Å². The van der Waals surface area contributed by atoms with E-state index in [2.05, 4.69) is 43.0 Å². The highest BCUT2D eigenvalue weighted by molar-refractivity contribution is 7.18. The van der Waals surface area contributed by atoms with E-state index in [9.17, 15) is 4.79 Å². The Kier molecular flexibility index (Phi) is 8.31. The summed E-state index contributed by atoms with van der Waals surface area (Å²) in [6, 6.07) is 16.4. The number of hydrogen-bond donors (Lipinski definition) is 0. The number of nitrogens with zero attached hydrogens (tertiary/aromatic N) is 2. The summed E-state index contributed by atoms with van der Waals surface area (Å²) in [5.41, 5.74) is 4.27. The molecule has 3 aromatic rings. The molecule has 1 saturated heterocycles. The number of Topliss-reactive ketones (excluding diaryl/α,β-unsaturated/α-hetero) is 1. The van der Waals surface area contributed by atoms with Crippen molar-refractivity contribution in [2.24, 2.45) is 5.92 Å². The molecule has 0 radical (unpaired) electrons. The molecular formula is C27H31ClN2O2S. The van der Waals surface area contributed by atoms with Gasteiger partial charge in [0, 0.05) is 36.6 Å². The first-order chi connectivity index (χ1) is 16.0. The van der Waals surface area contributed by atoms with Gasteiger partial charge in [0.05, 0.1) is 30.2 Å². The van der Waals surface area contributed by atoms with E-state index >= 15 is 0 Å². The summed E-state index contributed by atoms with van der Waals surface area (Å²) in [7, 11) is 0. The van der Waals surface area contributed by atoms with Crippen LogP contribution in [0.2, 0.25) is 5.02 Å². The number of ketones is 1. The van der Waals surface area contributed by atoms with E-state index in [1.807, 2.05) is 24.3 Å². The molecule has 2 aromatic carbocycles. The van der Waals surface area contributed by atoms with Gasteiger partial charge in [-0.05, 0) is 41.7 Å². The molecule has 0 atom stereocenters. The third-order valence-corrected chi connectivity index (χ3v) is 7.21. The van der Waals surface area contributed by atoms with Crippen LogP contribution in [0, 0.1) is 5.92 Å². The molecule has 2 heterocycles. The van der Waals surface area contributed by atoms with Gasteiger partial charge in [0.2, 0.25) is 0 Å². The summed E-state index contributed by atoms with van der Waals surface area (Å²) >= 11 is 7.91. The van der Waals surface area contributed by atoms with Crippen molar-refractivity contribution in [1.29, 1.82) is 0 Å². The molecule has 0 spiro atoms. The van der Waals surface area contributed by atoms with Crippen LogP contribution in [0.3, 0.4) is 0 Å². The fraction of sp³-hybridized carbons (Fsp3) is 0.407. The van der Waals surface area contributed by atoms with Crippen molar-refractivity contribution in [2.75, 3.05) is 32.8 Å². The molecule has 0 saturated carbocycles. The average molecular weight is 483 g/mol. The molecule has 4 rings (SSSR count). The largest absolute Gasteiger partial charge is 0.379 e. The molecule has 0 unspecified atom stereocenters. The van der Waals surface area contributed by atoms with Crippen LogP contribution >= 0.6 is 22.9 Å². The Morgan fingerprint density at radius 1 is 1.12 bits per heavy atom. The van der Waals surface area contributed by atoms with Gasteiger partial charge in [0.1, 0.15) is 10.8 Å². The lowest BCUT2D eigenvalue weighted by molar-refractivity contribution is -0.119. The van der Waals surface area contributed by atoms with Gasteiger partial charge < -0.3 is 4.74 Å². The monoisotopic (exact) mass is 482 g/mol. The van der Waals surface area contributed by atoms with Gasteiger partial charge in [0.15, 0.2) is 0 Å². The molecule has 0 bridgehead atoms. The summed E-state index contributed by atoms with van der Waals surface area (Å²) < 4.78 is 5.45. The molecule has 174 valence electrons. The molecular weight excluding hydrogens is 452 g/mol. The van der Waals surface area contributed by atoms with E-state index in [0.717, 1.165) is 66.0 Å². The number of morpholine rings is 1. The molecule has 0 amide bonds. The van der Waals surface area contributed by atoms with Crippen LogP contribution in [0.5, 0.6) is 0 Å². The van der Waals surface area contributed by atoms with E-state index in [1.165, 1.54) is 5.56 Å². The van der Waals surface area contributed by atoms with E-state index in [-0.39, 0.29) is 5.78 Å². The molecule has 0 N–H and O–H groups in total. The van der Waals surface area contributed by atoms with Gasteiger partial charge in [0.25, 0.3) is 0 Å². The van der Waals surface area contributed by atoms with E-state index < -0.39 is 0 Å². The van der Waals surface area contributed by atoms with Crippen LogP contribution in [-0.2, 0) is 22.4 Å². The summed E-state index contributed by atoms with van der Waals surface area (Å²) in [6.07, 6.45) is 1.92. The maximum Gasteiger partial charge on any atom is 0.139 e. The van der Waals surface area contributed by atoms with Crippen molar-refractivity contribution in [3.8, 4) is 21.0 Å². The molecule has 1 aromatic heterocycles. The number of carbonyl (C=O) groups excluding carboxylic acids is 1. The summed E-state index contributed by atoms with van der Waals surface area (Å²) in [6.45, 7) is 8.84. The molecule has 1 fully saturated rings. The zero-order valence-electron chi connectivity index (χ0n) is 19.4. The third kappa shape index (κ3) is 6.73. The van der Waals surface area contributed by atoms with Crippen molar-refractivity contribution >= 4 is 28.7 Å². The van der Waals surface area contributed by atoms with Crippen LogP contribution in [0.25, 0.3) is 21.0 Å². The van der Waals surface area contributed by atoms with Crippen molar-refractivity contribution in [1.82, 2.24) is 9.88 Å². The zero-order valence-corrected chi connectivity index (χ0v) is 20.9. The fourth-order valence-corrected chi connectivity index (χ4v) is 5.40. The Labute approximate surface area is 205 Å². The van der Waals surface area contributed by atoms with Crippen LogP contribution in [0.1, 0.15) is 31.5 Å². The number of rotatable bonds is 9. The average Bonchev–Trinajstić information content (AvgIpc) is 3.22. The minimum atomic E-state index is 0.226. The lowest BCUT2D eigenvalue weighted by atomic mass is 10.0. The third-order valence-electron chi connectivity index (χ3n) is 5.78. The highest BCUT2D eigenvalue weighted by Crippen LogP contribution is 2.37. The lowest BCUT2D eigenvalue weighted by Crippen LogP contribution is -2.37. The highest BCUT2D eigenvalue weighted by Gasteiger charge is 2.18. The minimum Gasteiger partial charge on any atom is -0.379 e. The number of halogens is 1. The normalized spacial score (nSPS) is 14.7. The highest BCUT2D eigenvalue weighted by atomic mass is 35.5. The van der Waals surface area contributed by atoms with Crippen LogP contribution in [-0.4, -0.2) is 48.5 Å². The SMILES string of the molecule is CC(C)CC(=O)Cc1nc(-c2cccc(CCN3CCOCC3)c2)sc1-c1cccc(Cl)c1. The van der Waals surface area contributed by atoms with Gasteiger partial charge >= 0.3 is 0 Å². The van der Waals surface area contributed by atoms with E-state index in [1.54, 1.807) is 11.3 Å². The predicted molar refractivity (Wildman–Crippen MR) is 137 cm³/mol. The van der Waals surface area contributed by atoms with Gasteiger partial charge in [-0.25, -0.2) is 4.98 Å². The topological polar surface area (TPSA) is 42.4 Å². The number of hydrogen-bond acceptors (Lipinski definition) is 5. The summed E-state index contributed by atoms with van der Waals surface area (Å²) in [4.78, 5) is 21.1. The molecule has 0 aliphatic carbocycles. The maximum absolute atomic E-state index is 12.6. The smallest absolute Gasteiger partial charge is 0.139 e. The van der Waals surface area contributed by atoms with Crippen LogP contribution in [0.4, 0.5) is 0 Å². The standard InChI is InChI=1S/C27H31ClN2O2S/c1-19(2)15-24(31)18-25-26(21-6-4-8-23(28)17-21)33-27(29-25)22-7-3-5-20(16-22)9-10-30-11-13-32-14-12-30/h3-8,16-17,19H,9-15,18H2,1-2H3. The van der Waals surface area contributed by atoms with Gasteiger partial charge in [-0.3, -0.25) is 9.69 Å². The fourth-order valence-electron chi connectivity index (χ4n) is 4.14. The molecule has 1 aliphatic heterocycles. The first-order valence-electron chi connectivity index (χ1n) is 11.6. The van der Waals surface area contributed by atoms with Gasteiger partial charge in [-0.1, -0.05) is 55.8 Å². The Balaban J connectivity index is 1.59. The molecule has 33 heavy (non-hydrogen) atoms. The second-order valence-corrected chi connectivity index (χ2v) is 10.5. The Morgan fingerprint density at radius 2 is 1.88 bits per heavy atom. The Hall–Kier alpha value is -2.05. The van der Waals surface area contributed by atoms with Crippen LogP contribution < -0.4 is 0 Å². The second-order valence-electron chi connectivity index (χ2n) is 9.02. The predicted octanol–water partition coefficient (Wildman–Crippen LogP) is 6.16. The van der Waals surface area contributed by atoms with Crippen molar-refractivity contribution in [3.05, 3.63) is 64.8 Å². The number of benzene rings is 2. The lowest BCUT2D eigenvalue weighted by Gasteiger charge is -2.26. The number of thiazole rings is 1. The summed E-state index contributed by atoms with van der Waals surface area (Å²) in [5, 5.41) is 1.64. The first-order valence-corrected chi connectivity index (χ1v) is 12.8. The van der Waals surface area contributed by atoms with Crippen molar-refractivity contribution in [2.45, 2.75) is 33.1 Å².